The van der Waals surface area contributed by atoms with Crippen molar-refractivity contribution in [1.29, 1.82) is 0 Å². The highest BCUT2D eigenvalue weighted by Crippen LogP contribution is 2.17. The highest BCUT2D eigenvalue weighted by atomic mass is 79.9. The molecule has 1 aromatic rings. The summed E-state index contributed by atoms with van der Waals surface area (Å²) in [4.78, 5) is 2.20. The van der Waals surface area contributed by atoms with Crippen LogP contribution >= 0.6 is 15.9 Å². The second-order valence-electron chi connectivity index (χ2n) is 4.37. The van der Waals surface area contributed by atoms with Gasteiger partial charge in [0.1, 0.15) is 11.6 Å². The van der Waals surface area contributed by atoms with Crippen molar-refractivity contribution in [3.05, 3.63) is 35.4 Å². The van der Waals surface area contributed by atoms with Gasteiger partial charge in [-0.1, -0.05) is 29.8 Å². The lowest BCUT2D eigenvalue weighted by Crippen LogP contribution is -2.35. The minimum atomic E-state index is -0.380. The Hall–Kier alpha value is -0.480. The molecule has 102 valence electrons. The van der Waals surface area contributed by atoms with Crippen molar-refractivity contribution in [3.63, 3.8) is 0 Å². The second-order valence-corrected chi connectivity index (χ2v) is 5.16. The molecule has 0 amide bonds. The normalized spacial score (nSPS) is 11.5. The zero-order chi connectivity index (χ0) is 13.5. The van der Waals surface area contributed by atoms with E-state index in [2.05, 4.69) is 34.7 Å². The molecule has 0 aromatic heterocycles. The maximum atomic E-state index is 13.6. The van der Waals surface area contributed by atoms with E-state index in [0.29, 0.717) is 18.2 Å². The second kappa shape index (κ2) is 7.85. The number of rotatable bonds is 7. The van der Waals surface area contributed by atoms with Crippen molar-refractivity contribution in [1.82, 2.24) is 4.90 Å². The lowest BCUT2D eigenvalue weighted by molar-refractivity contribution is 0.186. The summed E-state index contributed by atoms with van der Waals surface area (Å²) in [6.07, 6.45) is 2.03. The van der Waals surface area contributed by atoms with Gasteiger partial charge >= 0.3 is 0 Å². The molecule has 0 aliphatic carbocycles. The first kappa shape index (κ1) is 15.6. The smallest absolute Gasteiger partial charge is 0.127 e. The van der Waals surface area contributed by atoms with Crippen molar-refractivity contribution in [3.8, 4) is 0 Å². The van der Waals surface area contributed by atoms with Gasteiger partial charge in [0.15, 0.2) is 0 Å². The lowest BCUT2D eigenvalue weighted by Gasteiger charge is -2.30. The van der Waals surface area contributed by atoms with E-state index in [4.69, 9.17) is 0 Å². The van der Waals surface area contributed by atoms with E-state index >= 15 is 0 Å². The van der Waals surface area contributed by atoms with Crippen molar-refractivity contribution >= 4 is 15.9 Å². The molecule has 0 spiro atoms. The molecule has 0 atom stereocenters. The highest BCUT2D eigenvalue weighted by Gasteiger charge is 2.16. The molecule has 4 heteroatoms. The third kappa shape index (κ3) is 4.32. The number of hydrogen-bond donors (Lipinski definition) is 0. The molecule has 0 N–H and O–H groups in total. The summed E-state index contributed by atoms with van der Waals surface area (Å²) in [5.74, 6) is -0.711. The fraction of sp³-hybridized carbons (Fsp3) is 0.571. The van der Waals surface area contributed by atoms with Gasteiger partial charge in [0, 0.05) is 30.0 Å². The van der Waals surface area contributed by atoms with Crippen LogP contribution in [0.2, 0.25) is 0 Å². The molecular weight excluding hydrogens is 300 g/mol. The van der Waals surface area contributed by atoms with Crippen LogP contribution < -0.4 is 0 Å². The zero-order valence-corrected chi connectivity index (χ0v) is 12.5. The number of benzene rings is 1. The first-order valence-electron chi connectivity index (χ1n) is 6.36. The maximum absolute atomic E-state index is 13.6. The molecule has 1 rings (SSSR count). The summed E-state index contributed by atoms with van der Waals surface area (Å²) in [6.45, 7) is 5.54. The Balaban J connectivity index is 2.85. The van der Waals surface area contributed by atoms with Crippen molar-refractivity contribution in [2.24, 2.45) is 0 Å². The molecule has 0 bridgehead atoms. The van der Waals surface area contributed by atoms with E-state index in [-0.39, 0.29) is 11.6 Å². The first-order chi connectivity index (χ1) is 8.62. The van der Waals surface area contributed by atoms with E-state index in [1.807, 2.05) is 0 Å². The molecule has 1 nitrogen and oxygen atoms in total. The minimum Gasteiger partial charge on any atom is -0.295 e. The topological polar surface area (TPSA) is 3.24 Å². The van der Waals surface area contributed by atoms with Crippen molar-refractivity contribution < 1.29 is 8.78 Å². The van der Waals surface area contributed by atoms with Crippen LogP contribution in [0.25, 0.3) is 0 Å². The molecule has 0 saturated heterocycles. The Morgan fingerprint density at radius 2 is 1.89 bits per heavy atom. The molecule has 0 aliphatic rings. The van der Waals surface area contributed by atoms with E-state index in [0.717, 1.165) is 30.8 Å². The van der Waals surface area contributed by atoms with Gasteiger partial charge < -0.3 is 0 Å². The van der Waals surface area contributed by atoms with Crippen LogP contribution in [-0.4, -0.2) is 22.8 Å². The van der Waals surface area contributed by atoms with E-state index in [1.165, 1.54) is 12.1 Å². The summed E-state index contributed by atoms with van der Waals surface area (Å²) in [6, 6.07) is 4.05. The van der Waals surface area contributed by atoms with Crippen LogP contribution in [0.3, 0.4) is 0 Å². The number of nitrogens with zero attached hydrogens (tertiary/aromatic N) is 1. The van der Waals surface area contributed by atoms with E-state index in [1.54, 1.807) is 0 Å². The summed E-state index contributed by atoms with van der Waals surface area (Å²) in [5, 5.41) is 0.834. The van der Waals surface area contributed by atoms with Crippen LogP contribution in [0.1, 0.15) is 32.3 Å². The molecule has 0 unspecified atom stereocenters. The molecule has 0 radical (unpaired) electrons. The predicted molar refractivity (Wildman–Crippen MR) is 74.9 cm³/mol. The van der Waals surface area contributed by atoms with Gasteiger partial charge in [0.25, 0.3) is 0 Å². The first-order valence-corrected chi connectivity index (χ1v) is 7.48. The predicted octanol–water partition coefficient (Wildman–Crippen LogP) is 4.35. The molecule has 18 heavy (non-hydrogen) atoms. The Kier molecular flexibility index (Phi) is 6.79. The van der Waals surface area contributed by atoms with E-state index in [9.17, 15) is 8.78 Å². The van der Waals surface area contributed by atoms with Crippen molar-refractivity contribution in [2.45, 2.75) is 39.3 Å². The van der Waals surface area contributed by atoms with Crippen LogP contribution in [-0.2, 0) is 6.54 Å². The Morgan fingerprint density at radius 1 is 1.22 bits per heavy atom. The van der Waals surface area contributed by atoms with Crippen molar-refractivity contribution in [2.75, 3.05) is 11.9 Å². The molecule has 0 heterocycles. The fourth-order valence-electron chi connectivity index (χ4n) is 2.19. The van der Waals surface area contributed by atoms with Gasteiger partial charge in [-0.25, -0.2) is 8.78 Å². The van der Waals surface area contributed by atoms with Crippen LogP contribution in [0.5, 0.6) is 0 Å². The largest absolute Gasteiger partial charge is 0.295 e. The van der Waals surface area contributed by atoms with Gasteiger partial charge in [0.05, 0.1) is 0 Å². The van der Waals surface area contributed by atoms with Gasteiger partial charge in [-0.15, -0.1) is 0 Å². The molecular formula is C14H20BrF2N. The van der Waals surface area contributed by atoms with Gasteiger partial charge in [-0.2, -0.15) is 0 Å². The Bertz CT molecular complexity index is 367. The summed E-state index contributed by atoms with van der Waals surface area (Å²) >= 11 is 3.41. The SMILES string of the molecule is CCC(CC)N(CCBr)Cc1cc(F)ccc1F. The Morgan fingerprint density at radius 3 is 2.44 bits per heavy atom. The molecule has 0 aliphatic heterocycles. The maximum Gasteiger partial charge on any atom is 0.127 e. The fourth-order valence-corrected chi connectivity index (χ4v) is 2.64. The number of halogens is 3. The minimum absolute atomic E-state index is 0.332. The standard InChI is InChI=1S/C14H20BrF2N/c1-3-13(4-2)18(8-7-15)10-11-9-12(16)5-6-14(11)17/h5-6,9,13H,3-4,7-8,10H2,1-2H3. The van der Waals surface area contributed by atoms with Gasteiger partial charge in [-0.05, 0) is 31.0 Å². The van der Waals surface area contributed by atoms with E-state index < -0.39 is 0 Å². The Labute approximate surface area is 116 Å². The number of alkyl halides is 1. The molecule has 0 saturated carbocycles. The highest BCUT2D eigenvalue weighted by molar-refractivity contribution is 9.09. The van der Waals surface area contributed by atoms with Crippen LogP contribution in [0, 0.1) is 11.6 Å². The van der Waals surface area contributed by atoms with Gasteiger partial charge in [-0.3, -0.25) is 4.90 Å². The third-order valence-electron chi connectivity index (χ3n) is 3.21. The lowest BCUT2D eigenvalue weighted by atomic mass is 10.1. The molecule has 1 aromatic carbocycles. The summed E-state index contributed by atoms with van der Waals surface area (Å²) < 4.78 is 26.8. The average molecular weight is 320 g/mol. The summed E-state index contributed by atoms with van der Waals surface area (Å²) in [7, 11) is 0. The third-order valence-corrected chi connectivity index (χ3v) is 3.57. The average Bonchev–Trinajstić information content (AvgIpc) is 2.35. The van der Waals surface area contributed by atoms with Crippen LogP contribution in [0.15, 0.2) is 18.2 Å². The monoisotopic (exact) mass is 319 g/mol. The molecule has 0 fully saturated rings. The van der Waals surface area contributed by atoms with Crippen LogP contribution in [0.4, 0.5) is 8.78 Å². The van der Waals surface area contributed by atoms with Gasteiger partial charge in [0.2, 0.25) is 0 Å². The quantitative estimate of drug-likeness (QED) is 0.675. The zero-order valence-electron chi connectivity index (χ0n) is 10.9. The number of hydrogen-bond acceptors (Lipinski definition) is 1. The summed E-state index contributed by atoms with van der Waals surface area (Å²) in [5.41, 5.74) is 0.433.